The van der Waals surface area contributed by atoms with Crippen LogP contribution in [0.2, 0.25) is 0 Å². The second-order valence-corrected chi connectivity index (χ2v) is 8.05. The van der Waals surface area contributed by atoms with Crippen LogP contribution in [-0.2, 0) is 14.3 Å². The van der Waals surface area contributed by atoms with Gasteiger partial charge in [0.15, 0.2) is 0 Å². The van der Waals surface area contributed by atoms with E-state index in [-0.39, 0.29) is 24.2 Å². The summed E-state index contributed by atoms with van der Waals surface area (Å²) in [6.45, 7) is 16.1. The van der Waals surface area contributed by atoms with E-state index in [2.05, 4.69) is 29.1 Å². The number of benzene rings is 1. The number of rotatable bonds is 9. The Labute approximate surface area is 179 Å². The Hall–Kier alpha value is -3.09. The zero-order chi connectivity index (χ0) is 22.9. The van der Waals surface area contributed by atoms with Crippen molar-refractivity contribution >= 4 is 23.6 Å². The van der Waals surface area contributed by atoms with Gasteiger partial charge in [0.2, 0.25) is 11.8 Å². The van der Waals surface area contributed by atoms with Crippen LogP contribution in [0.25, 0.3) is 0 Å². The zero-order valence-electron chi connectivity index (χ0n) is 18.5. The fourth-order valence-corrected chi connectivity index (χ4v) is 2.58. The summed E-state index contributed by atoms with van der Waals surface area (Å²) in [4.78, 5) is 37.1. The molecular weight excluding hydrogens is 382 g/mol. The lowest BCUT2D eigenvalue weighted by molar-refractivity contribution is -0.123. The van der Waals surface area contributed by atoms with Gasteiger partial charge in [0.05, 0.1) is 12.0 Å². The zero-order valence-corrected chi connectivity index (χ0v) is 18.5. The highest BCUT2D eigenvalue weighted by atomic mass is 16.6. The molecule has 1 aromatic carbocycles. The van der Waals surface area contributed by atoms with E-state index in [0.717, 1.165) is 5.56 Å². The Kier molecular flexibility index (Phi) is 9.30. The summed E-state index contributed by atoms with van der Waals surface area (Å²) < 4.78 is 5.23. The number of alkyl carbamates (subject to hydrolysis) is 1. The van der Waals surface area contributed by atoms with Crippen LogP contribution in [0.3, 0.4) is 0 Å². The number of carbonyl (C=O) groups excluding carboxylic acids is 3. The van der Waals surface area contributed by atoms with Crippen LogP contribution < -0.4 is 16.0 Å². The third-order valence-electron chi connectivity index (χ3n) is 4.22. The van der Waals surface area contributed by atoms with Gasteiger partial charge in [-0.1, -0.05) is 37.3 Å². The van der Waals surface area contributed by atoms with Crippen LogP contribution in [0.4, 0.5) is 10.5 Å². The summed E-state index contributed by atoms with van der Waals surface area (Å²) in [6, 6.07) is 5.97. The number of amides is 3. The Morgan fingerprint density at radius 1 is 1.07 bits per heavy atom. The van der Waals surface area contributed by atoms with E-state index < -0.39 is 23.8 Å². The van der Waals surface area contributed by atoms with E-state index in [4.69, 9.17) is 4.74 Å². The van der Waals surface area contributed by atoms with Crippen molar-refractivity contribution in [2.45, 2.75) is 58.7 Å². The van der Waals surface area contributed by atoms with Gasteiger partial charge in [-0.05, 0) is 45.7 Å². The van der Waals surface area contributed by atoms with Crippen molar-refractivity contribution in [3.8, 4) is 0 Å². The molecule has 0 radical (unpaired) electrons. The molecule has 164 valence electrons. The lowest BCUT2D eigenvalue weighted by atomic mass is 10.0. The highest BCUT2D eigenvalue weighted by molar-refractivity contribution is 5.94. The molecule has 1 rings (SSSR count). The maximum atomic E-state index is 12.8. The molecule has 0 aliphatic heterocycles. The molecule has 0 saturated carbocycles. The number of nitrogens with one attached hydrogen (secondary N) is 3. The van der Waals surface area contributed by atoms with Crippen molar-refractivity contribution in [1.82, 2.24) is 10.6 Å². The number of hydrogen-bond acceptors (Lipinski definition) is 4. The van der Waals surface area contributed by atoms with Gasteiger partial charge >= 0.3 is 6.09 Å². The summed E-state index contributed by atoms with van der Waals surface area (Å²) in [5, 5.41) is 8.31. The third-order valence-corrected chi connectivity index (χ3v) is 4.22. The number of hydrogen-bond donors (Lipinski definition) is 3. The molecule has 0 aliphatic rings. The molecule has 3 atom stereocenters. The molecule has 30 heavy (non-hydrogen) atoms. The molecule has 0 bridgehead atoms. The number of ether oxygens (including phenoxy) is 1. The van der Waals surface area contributed by atoms with Crippen molar-refractivity contribution in [3.05, 3.63) is 55.1 Å². The minimum atomic E-state index is -0.831. The van der Waals surface area contributed by atoms with Crippen molar-refractivity contribution in [1.29, 1.82) is 0 Å². The second-order valence-electron chi connectivity index (χ2n) is 8.05. The first-order valence-corrected chi connectivity index (χ1v) is 9.91. The van der Waals surface area contributed by atoms with E-state index in [1.807, 2.05) is 12.1 Å². The summed E-state index contributed by atoms with van der Waals surface area (Å²) in [5.41, 5.74) is 0.668. The Bertz CT molecular complexity index is 783. The molecule has 7 nitrogen and oxygen atoms in total. The minimum Gasteiger partial charge on any atom is -0.444 e. The van der Waals surface area contributed by atoms with Crippen molar-refractivity contribution in [3.63, 3.8) is 0 Å². The largest absolute Gasteiger partial charge is 0.444 e. The monoisotopic (exact) mass is 415 g/mol. The molecule has 7 heteroatoms. The van der Waals surface area contributed by atoms with Crippen molar-refractivity contribution in [2.75, 3.05) is 5.32 Å². The molecule has 0 heterocycles. The van der Waals surface area contributed by atoms with Crippen LogP contribution in [0, 0.1) is 5.92 Å². The fourth-order valence-electron chi connectivity index (χ4n) is 2.58. The Balaban J connectivity index is 2.91. The molecule has 0 saturated heterocycles. The third kappa shape index (κ3) is 8.11. The molecule has 3 amide bonds. The molecule has 1 aromatic rings. The van der Waals surface area contributed by atoms with E-state index >= 15 is 0 Å². The molecule has 0 spiro atoms. The van der Waals surface area contributed by atoms with Gasteiger partial charge in [0, 0.05) is 5.69 Å². The van der Waals surface area contributed by atoms with Gasteiger partial charge in [0.25, 0.3) is 0 Å². The molecule has 0 fully saturated rings. The Morgan fingerprint density at radius 3 is 2.27 bits per heavy atom. The first kappa shape index (κ1) is 24.9. The fraction of sp³-hybridized carbons (Fsp3) is 0.435. The van der Waals surface area contributed by atoms with Crippen molar-refractivity contribution < 1.29 is 19.1 Å². The van der Waals surface area contributed by atoms with E-state index in [1.54, 1.807) is 58.9 Å². The molecule has 3 N–H and O–H groups in total. The van der Waals surface area contributed by atoms with E-state index in [9.17, 15) is 14.4 Å². The van der Waals surface area contributed by atoms with Gasteiger partial charge in [-0.2, -0.15) is 0 Å². The molecule has 3 unspecified atom stereocenters. The summed E-state index contributed by atoms with van der Waals surface area (Å²) in [5.74, 6) is -0.918. The predicted molar refractivity (Wildman–Crippen MR) is 119 cm³/mol. The standard InChI is InChI=1S/C23H33N3O4/c1-8-12-19(26-22(29)30-23(5,6)7)21(28)24-16(4)17-13-10-11-14-18(17)25-20(27)15(3)9-2/h8-11,13-16,19H,1-2,12H2,3-7H3,(H,24,28)(H,25,27)(H,26,29). The normalized spacial score (nSPS) is 13.9. The highest BCUT2D eigenvalue weighted by Crippen LogP contribution is 2.23. The van der Waals surface area contributed by atoms with Gasteiger partial charge in [-0.15, -0.1) is 13.2 Å². The van der Waals surface area contributed by atoms with Crippen LogP contribution in [0.1, 0.15) is 52.6 Å². The van der Waals surface area contributed by atoms with Gasteiger partial charge in [0.1, 0.15) is 11.6 Å². The van der Waals surface area contributed by atoms with Crippen LogP contribution in [0.5, 0.6) is 0 Å². The maximum Gasteiger partial charge on any atom is 0.408 e. The van der Waals surface area contributed by atoms with E-state index in [1.165, 1.54) is 0 Å². The maximum absolute atomic E-state index is 12.8. The van der Waals surface area contributed by atoms with Crippen LogP contribution in [-0.4, -0.2) is 29.6 Å². The highest BCUT2D eigenvalue weighted by Gasteiger charge is 2.25. The van der Waals surface area contributed by atoms with E-state index in [0.29, 0.717) is 5.69 Å². The van der Waals surface area contributed by atoms with Crippen molar-refractivity contribution in [2.24, 2.45) is 5.92 Å². The average Bonchev–Trinajstić information content (AvgIpc) is 2.65. The van der Waals surface area contributed by atoms with Crippen LogP contribution >= 0.6 is 0 Å². The summed E-state index contributed by atoms with van der Waals surface area (Å²) in [7, 11) is 0. The molecule has 0 aromatic heterocycles. The predicted octanol–water partition coefficient (Wildman–Crippen LogP) is 4.09. The number of carbonyl (C=O) groups is 3. The SMILES string of the molecule is C=CCC(NC(=O)OC(C)(C)C)C(=O)NC(C)c1ccccc1NC(=O)C(C)C=C. The van der Waals surface area contributed by atoms with Gasteiger partial charge < -0.3 is 20.7 Å². The second kappa shape index (κ2) is 11.2. The summed E-state index contributed by atoms with van der Waals surface area (Å²) in [6.07, 6.45) is 2.68. The lowest BCUT2D eigenvalue weighted by Gasteiger charge is -2.25. The van der Waals surface area contributed by atoms with Crippen LogP contribution in [0.15, 0.2) is 49.6 Å². The Morgan fingerprint density at radius 2 is 1.70 bits per heavy atom. The minimum absolute atomic E-state index is 0.188. The molecule has 0 aliphatic carbocycles. The molecular formula is C23H33N3O4. The topological polar surface area (TPSA) is 96.5 Å². The number of para-hydroxylation sites is 1. The first-order valence-electron chi connectivity index (χ1n) is 9.91. The smallest absolute Gasteiger partial charge is 0.408 e. The quantitative estimate of drug-likeness (QED) is 0.529. The summed E-state index contributed by atoms with van der Waals surface area (Å²) >= 11 is 0. The first-order chi connectivity index (χ1) is 14.0. The van der Waals surface area contributed by atoms with Gasteiger partial charge in [-0.25, -0.2) is 4.79 Å². The number of anilines is 1. The average molecular weight is 416 g/mol. The van der Waals surface area contributed by atoms with Gasteiger partial charge in [-0.3, -0.25) is 9.59 Å². The lowest BCUT2D eigenvalue weighted by Crippen LogP contribution is -2.48.